The molecule has 0 aliphatic carbocycles. The minimum Gasteiger partial charge on any atom is -0.248 e. The van der Waals surface area contributed by atoms with Crippen LogP contribution in [0.5, 0.6) is 0 Å². The minimum atomic E-state index is -0.619. The normalized spacial score (nSPS) is 13.1. The molecule has 0 heterocycles. The van der Waals surface area contributed by atoms with Crippen molar-refractivity contribution >= 4 is 11.9 Å². The van der Waals surface area contributed by atoms with Crippen molar-refractivity contribution in [2.75, 3.05) is 0 Å². The molecule has 0 spiro atoms. The lowest BCUT2D eigenvalue weighted by Gasteiger charge is -2.22. The van der Waals surface area contributed by atoms with Gasteiger partial charge in [-0.3, -0.25) is 0 Å². The van der Waals surface area contributed by atoms with E-state index in [-0.39, 0.29) is 17.8 Å². The van der Waals surface area contributed by atoms with Crippen molar-refractivity contribution < 1.29 is 19.4 Å². The fourth-order valence-corrected chi connectivity index (χ4v) is 1.54. The maximum absolute atomic E-state index is 11.1. The molecule has 0 bridgehead atoms. The Morgan fingerprint density at radius 3 is 2.13 bits per heavy atom. The fourth-order valence-electron chi connectivity index (χ4n) is 1.54. The Morgan fingerprint density at radius 1 is 1.20 bits per heavy atom. The van der Waals surface area contributed by atoms with Crippen LogP contribution in [0.15, 0.2) is 0 Å². The van der Waals surface area contributed by atoms with E-state index in [1.807, 2.05) is 6.92 Å². The molecule has 4 nitrogen and oxygen atoms in total. The topological polar surface area (TPSA) is 52.6 Å². The van der Waals surface area contributed by atoms with Crippen LogP contribution in [0.4, 0.5) is 0 Å². The quantitative estimate of drug-likeness (QED) is 0.537. The van der Waals surface area contributed by atoms with E-state index in [0.717, 1.165) is 6.42 Å². The van der Waals surface area contributed by atoms with E-state index in [9.17, 15) is 9.59 Å². The van der Waals surface area contributed by atoms with Gasteiger partial charge in [0.2, 0.25) is 0 Å². The predicted octanol–water partition coefficient (Wildman–Crippen LogP) is 2.47. The van der Waals surface area contributed by atoms with Crippen LogP contribution in [-0.4, -0.2) is 11.9 Å². The van der Waals surface area contributed by atoms with E-state index in [1.54, 1.807) is 0 Å². The Kier molecular flexibility index (Phi) is 5.33. The van der Waals surface area contributed by atoms with Gasteiger partial charge in [-0.2, -0.15) is 0 Å². The molecule has 0 aromatic rings. The number of carbonyl (C=O) groups excluding carboxylic acids is 2. The summed E-state index contributed by atoms with van der Waals surface area (Å²) in [5, 5.41) is 0. The molecule has 0 aliphatic rings. The minimum absolute atomic E-state index is 0.182. The van der Waals surface area contributed by atoms with Crippen LogP contribution < -0.4 is 0 Å². The summed E-state index contributed by atoms with van der Waals surface area (Å²) in [6, 6.07) is 0. The first kappa shape index (κ1) is 13.9. The molecular formula is C11H20O4. The van der Waals surface area contributed by atoms with Gasteiger partial charge in [-0.05, 0) is 17.8 Å². The largest absolute Gasteiger partial charge is 0.355 e. The summed E-state index contributed by atoms with van der Waals surface area (Å²) in [7, 11) is 0. The Labute approximate surface area is 90.9 Å². The van der Waals surface area contributed by atoms with Crippen molar-refractivity contribution in [2.45, 2.75) is 47.5 Å². The standard InChI is InChI=1S/C11H20O4/c1-8(7-11(3,4)5)6-10(13)15-14-9(2)12/h8H,6-7H2,1-5H3. The number of hydrogen-bond acceptors (Lipinski definition) is 4. The van der Waals surface area contributed by atoms with Crippen LogP contribution >= 0.6 is 0 Å². The molecule has 0 saturated heterocycles. The van der Waals surface area contributed by atoms with Crippen LogP contribution in [0.3, 0.4) is 0 Å². The highest BCUT2D eigenvalue weighted by molar-refractivity contribution is 5.71. The lowest BCUT2D eigenvalue weighted by Crippen LogP contribution is -2.16. The van der Waals surface area contributed by atoms with E-state index in [2.05, 4.69) is 30.5 Å². The Hall–Kier alpha value is -1.06. The maximum Gasteiger partial charge on any atom is 0.355 e. The zero-order valence-electron chi connectivity index (χ0n) is 10.1. The van der Waals surface area contributed by atoms with Crippen LogP contribution in [-0.2, 0) is 19.4 Å². The molecular weight excluding hydrogens is 196 g/mol. The first-order chi connectivity index (χ1) is 6.70. The highest BCUT2D eigenvalue weighted by Gasteiger charge is 2.19. The molecule has 0 fully saturated rings. The van der Waals surface area contributed by atoms with E-state index >= 15 is 0 Å². The van der Waals surface area contributed by atoms with Gasteiger partial charge in [0.25, 0.3) is 0 Å². The van der Waals surface area contributed by atoms with Gasteiger partial charge in [0.15, 0.2) is 0 Å². The summed E-state index contributed by atoms with van der Waals surface area (Å²) >= 11 is 0. The summed E-state index contributed by atoms with van der Waals surface area (Å²) in [6.07, 6.45) is 1.19. The Balaban J connectivity index is 3.81. The van der Waals surface area contributed by atoms with Crippen molar-refractivity contribution in [2.24, 2.45) is 11.3 Å². The number of hydrogen-bond donors (Lipinski definition) is 0. The molecule has 1 atom stereocenters. The van der Waals surface area contributed by atoms with Crippen molar-refractivity contribution in [1.82, 2.24) is 0 Å². The summed E-state index contributed by atoms with van der Waals surface area (Å²) in [6.45, 7) is 9.49. The van der Waals surface area contributed by atoms with Crippen LogP contribution in [0.2, 0.25) is 0 Å². The number of rotatable bonds is 3. The van der Waals surface area contributed by atoms with Crippen molar-refractivity contribution in [1.29, 1.82) is 0 Å². The molecule has 0 aromatic carbocycles. The molecule has 88 valence electrons. The van der Waals surface area contributed by atoms with Crippen LogP contribution in [0.1, 0.15) is 47.5 Å². The zero-order chi connectivity index (χ0) is 12.1. The van der Waals surface area contributed by atoms with Crippen molar-refractivity contribution in [3.05, 3.63) is 0 Å². The summed E-state index contributed by atoms with van der Waals surface area (Å²) < 4.78 is 0. The molecule has 15 heavy (non-hydrogen) atoms. The summed E-state index contributed by atoms with van der Waals surface area (Å²) in [5.41, 5.74) is 0.182. The Bertz CT molecular complexity index is 227. The molecule has 0 aromatic heterocycles. The lowest BCUT2D eigenvalue weighted by atomic mass is 9.84. The van der Waals surface area contributed by atoms with Gasteiger partial charge >= 0.3 is 11.9 Å². The molecule has 0 aliphatic heterocycles. The van der Waals surface area contributed by atoms with E-state index in [0.29, 0.717) is 0 Å². The van der Waals surface area contributed by atoms with Gasteiger partial charge in [0, 0.05) is 6.92 Å². The van der Waals surface area contributed by atoms with Gasteiger partial charge in [-0.15, -0.1) is 0 Å². The molecule has 0 radical (unpaired) electrons. The van der Waals surface area contributed by atoms with Crippen molar-refractivity contribution in [3.8, 4) is 0 Å². The highest BCUT2D eigenvalue weighted by Crippen LogP contribution is 2.25. The van der Waals surface area contributed by atoms with Gasteiger partial charge in [-0.25, -0.2) is 19.4 Å². The van der Waals surface area contributed by atoms with Gasteiger partial charge in [0.05, 0.1) is 6.42 Å². The third-order valence-corrected chi connectivity index (χ3v) is 1.73. The third-order valence-electron chi connectivity index (χ3n) is 1.73. The third kappa shape index (κ3) is 9.25. The van der Waals surface area contributed by atoms with Crippen LogP contribution in [0.25, 0.3) is 0 Å². The highest BCUT2D eigenvalue weighted by atomic mass is 17.2. The van der Waals surface area contributed by atoms with Gasteiger partial charge in [0.1, 0.15) is 0 Å². The van der Waals surface area contributed by atoms with Gasteiger partial charge in [-0.1, -0.05) is 27.7 Å². The first-order valence-corrected chi connectivity index (χ1v) is 5.08. The Morgan fingerprint density at radius 2 is 1.73 bits per heavy atom. The van der Waals surface area contributed by atoms with Crippen molar-refractivity contribution in [3.63, 3.8) is 0 Å². The first-order valence-electron chi connectivity index (χ1n) is 5.08. The smallest absolute Gasteiger partial charge is 0.248 e. The van der Waals surface area contributed by atoms with Gasteiger partial charge < -0.3 is 0 Å². The monoisotopic (exact) mass is 216 g/mol. The molecule has 0 rings (SSSR count). The molecule has 4 heteroatoms. The fraction of sp³-hybridized carbons (Fsp3) is 0.818. The van der Waals surface area contributed by atoms with E-state index < -0.39 is 11.9 Å². The lowest BCUT2D eigenvalue weighted by molar-refractivity contribution is -0.258. The predicted molar refractivity (Wildman–Crippen MR) is 55.7 cm³/mol. The summed E-state index contributed by atoms with van der Waals surface area (Å²) in [4.78, 5) is 30.0. The number of carbonyl (C=O) groups is 2. The molecule has 1 unspecified atom stereocenters. The van der Waals surface area contributed by atoms with E-state index in [1.165, 1.54) is 6.92 Å². The second-order valence-corrected chi connectivity index (χ2v) is 5.10. The molecule has 0 N–H and O–H groups in total. The molecule has 0 amide bonds. The van der Waals surface area contributed by atoms with Crippen LogP contribution in [0, 0.1) is 11.3 Å². The average molecular weight is 216 g/mol. The maximum atomic E-state index is 11.1. The second kappa shape index (κ2) is 5.73. The summed E-state index contributed by atoms with van der Waals surface area (Å²) in [5.74, 6) is -0.901. The zero-order valence-corrected chi connectivity index (χ0v) is 10.1. The average Bonchev–Trinajstić information content (AvgIpc) is 1.96. The molecule has 0 saturated carbocycles. The van der Waals surface area contributed by atoms with E-state index in [4.69, 9.17) is 0 Å². The SMILES string of the molecule is CC(=O)OOC(=O)CC(C)CC(C)(C)C. The second-order valence-electron chi connectivity index (χ2n) is 5.10.